The summed E-state index contributed by atoms with van der Waals surface area (Å²) < 4.78 is 15.8. The summed E-state index contributed by atoms with van der Waals surface area (Å²) in [6.45, 7) is 10.7. The van der Waals surface area contributed by atoms with Gasteiger partial charge in [0.2, 0.25) is 5.91 Å². The first-order chi connectivity index (χ1) is 25.3. The quantitative estimate of drug-likeness (QED) is 0.0448. The van der Waals surface area contributed by atoms with Gasteiger partial charge in [-0.15, -0.1) is 0 Å². The van der Waals surface area contributed by atoms with Crippen LogP contribution in [0.15, 0.2) is 85.1 Å². The van der Waals surface area contributed by atoms with Crippen LogP contribution in [0.5, 0.6) is 0 Å². The lowest BCUT2D eigenvalue weighted by Gasteiger charge is -2.28. The molecule has 1 aliphatic heterocycles. The first-order valence-corrected chi connectivity index (χ1v) is 17.6. The lowest BCUT2D eigenvalue weighted by atomic mass is 9.82. The number of alkyl halides is 1. The van der Waals surface area contributed by atoms with E-state index < -0.39 is 23.4 Å². The van der Waals surface area contributed by atoms with Gasteiger partial charge in [0.25, 0.3) is 17.5 Å². The molecule has 11 nitrogen and oxygen atoms in total. The van der Waals surface area contributed by atoms with Gasteiger partial charge in [0, 0.05) is 56.3 Å². The molecule has 1 aromatic heterocycles. The van der Waals surface area contributed by atoms with Crippen LogP contribution in [0.25, 0.3) is 17.0 Å². The van der Waals surface area contributed by atoms with Crippen molar-refractivity contribution < 1.29 is 28.8 Å². The first-order valence-electron chi connectivity index (χ1n) is 17.6. The zero-order chi connectivity index (χ0) is 39.2. The molecular weight excluding hydrogens is 675 g/mol. The van der Waals surface area contributed by atoms with Crippen molar-refractivity contribution in [1.29, 1.82) is 0 Å². The molecule has 0 radical (unpaired) electrons. The molecule has 2 unspecified atom stereocenters. The van der Waals surface area contributed by atoms with Crippen LogP contribution in [-0.2, 0) is 20.1 Å². The van der Waals surface area contributed by atoms with Gasteiger partial charge in [0.05, 0.1) is 22.6 Å². The van der Waals surface area contributed by atoms with E-state index in [4.69, 9.17) is 5.21 Å². The van der Waals surface area contributed by atoms with E-state index in [1.807, 2.05) is 96.2 Å². The third-order valence-corrected chi connectivity index (χ3v) is 8.62. The molecule has 3 aromatic carbocycles. The van der Waals surface area contributed by atoms with Crippen molar-refractivity contribution in [2.24, 2.45) is 11.3 Å². The van der Waals surface area contributed by atoms with Crippen LogP contribution in [0.2, 0.25) is 0 Å². The van der Waals surface area contributed by atoms with E-state index in [1.54, 1.807) is 17.6 Å². The molecule has 282 valence electrons. The summed E-state index contributed by atoms with van der Waals surface area (Å²) in [5.41, 5.74) is 2.45. The fourth-order valence-electron chi connectivity index (χ4n) is 6.16. The van der Waals surface area contributed by atoms with E-state index >= 15 is 4.39 Å². The second-order valence-electron chi connectivity index (χ2n) is 13.4. The van der Waals surface area contributed by atoms with Crippen molar-refractivity contribution in [3.05, 3.63) is 102 Å². The monoisotopic (exact) mass is 726 g/mol. The van der Waals surface area contributed by atoms with Crippen molar-refractivity contribution in [1.82, 2.24) is 15.8 Å². The predicted octanol–water partition coefficient (Wildman–Crippen LogP) is 7.13. The number of benzene rings is 3. The Kier molecular flexibility index (Phi) is 15.2. The van der Waals surface area contributed by atoms with Crippen LogP contribution in [0.3, 0.4) is 0 Å². The van der Waals surface area contributed by atoms with Crippen LogP contribution in [0, 0.1) is 11.3 Å². The molecule has 5 N–H and O–H groups in total. The number of halogens is 1. The number of amides is 3. The van der Waals surface area contributed by atoms with Gasteiger partial charge in [0.1, 0.15) is 0 Å². The molecular formula is C41H51FN6O5. The number of hydroxylamine groups is 1. The summed E-state index contributed by atoms with van der Waals surface area (Å²) in [6.07, 6.45) is 6.42. The van der Waals surface area contributed by atoms with Crippen LogP contribution < -0.4 is 26.3 Å². The average Bonchev–Trinajstić information content (AvgIpc) is 3.17. The number of hydrogen-bond donors (Lipinski definition) is 5. The van der Waals surface area contributed by atoms with Crippen molar-refractivity contribution in [3.8, 4) is 0 Å². The summed E-state index contributed by atoms with van der Waals surface area (Å²) in [7, 11) is 3.76. The Morgan fingerprint density at radius 1 is 1.00 bits per heavy atom. The Labute approximate surface area is 311 Å². The van der Waals surface area contributed by atoms with Crippen molar-refractivity contribution >= 4 is 58.0 Å². The zero-order valence-electron chi connectivity index (χ0n) is 31.5. The molecule has 1 aliphatic rings. The molecule has 4 aromatic rings. The van der Waals surface area contributed by atoms with E-state index in [-0.39, 0.29) is 35.2 Å². The highest BCUT2D eigenvalue weighted by Crippen LogP contribution is 2.35. The highest BCUT2D eigenvalue weighted by Gasteiger charge is 2.41. The van der Waals surface area contributed by atoms with Crippen LogP contribution >= 0.6 is 0 Å². The van der Waals surface area contributed by atoms with E-state index in [0.29, 0.717) is 25.2 Å². The molecule has 2 heterocycles. The number of carbonyl (C=O) groups is 4. The zero-order valence-corrected chi connectivity index (χ0v) is 31.5. The van der Waals surface area contributed by atoms with Gasteiger partial charge in [-0.2, -0.15) is 0 Å². The van der Waals surface area contributed by atoms with Crippen LogP contribution in [0.1, 0.15) is 68.9 Å². The van der Waals surface area contributed by atoms with Gasteiger partial charge in [-0.25, -0.2) is 9.87 Å². The maximum Gasteiger partial charge on any atom is 0.274 e. The predicted molar refractivity (Wildman–Crippen MR) is 210 cm³/mol. The molecule has 0 saturated carbocycles. The first kappa shape index (κ1) is 41.8. The summed E-state index contributed by atoms with van der Waals surface area (Å²) in [6, 6.07) is 20.6. The molecule has 0 bridgehead atoms. The summed E-state index contributed by atoms with van der Waals surface area (Å²) in [5.74, 6) is -2.02. The standard InChI is InChI=1S/C29H35FN4O5.C10H10N2.C2H6/c1-19(15-24(36)33-39)16-28(2,3)17-31-26(37)21-10-12-22(13-11-21)29(30,18-35)27(38)32-23-9-5-7-20-8-6-14-34(4)25(20)23;1-11-9-6-2-4-8-5-3-7-12-10(8)9;1-2/h5-13,18-19,39H,14-17H2,1-4H3,(H,31,37)(H,32,38)(H,33,36);2-7,11H,1H3;1-2H3. The second-order valence-corrected chi connectivity index (χ2v) is 13.4. The van der Waals surface area contributed by atoms with Gasteiger partial charge >= 0.3 is 0 Å². The maximum absolute atomic E-state index is 15.8. The van der Waals surface area contributed by atoms with Gasteiger partial charge in [-0.3, -0.25) is 29.4 Å². The Balaban J connectivity index is 0.000000449. The summed E-state index contributed by atoms with van der Waals surface area (Å²) in [4.78, 5) is 55.1. The minimum absolute atomic E-state index is 0.0197. The van der Waals surface area contributed by atoms with Gasteiger partial charge in [-0.1, -0.05) is 89.2 Å². The lowest BCUT2D eigenvalue weighted by molar-refractivity contribution is -0.135. The molecule has 5 rings (SSSR count). The number of nitrogens with zero attached hydrogens (tertiary/aromatic N) is 2. The topological polar surface area (TPSA) is 153 Å². The minimum Gasteiger partial charge on any atom is -0.386 e. The number of hydrogen-bond acceptors (Lipinski definition) is 8. The molecule has 53 heavy (non-hydrogen) atoms. The largest absolute Gasteiger partial charge is 0.386 e. The molecule has 2 atom stereocenters. The highest BCUT2D eigenvalue weighted by molar-refractivity contribution is 6.10. The Hall–Kier alpha value is -5.62. The SMILES string of the molecule is CC.CC(CC(=O)NO)CC(C)(C)CNC(=O)c1ccc(C(F)(C=O)C(=O)Nc2cccc3c2N(C)CC=C3)cc1.CNc1cccc2cccnc12. The summed E-state index contributed by atoms with van der Waals surface area (Å²) in [5, 5.41) is 18.4. The van der Waals surface area contributed by atoms with E-state index in [2.05, 4.69) is 33.1 Å². The smallest absolute Gasteiger partial charge is 0.274 e. The second kappa shape index (κ2) is 19.3. The fraction of sp³-hybridized carbons (Fsp3) is 0.341. The normalized spacial score (nSPS) is 13.4. The number of pyridine rings is 1. The fourth-order valence-corrected chi connectivity index (χ4v) is 6.16. The van der Waals surface area contributed by atoms with E-state index in [0.717, 1.165) is 22.5 Å². The number of aromatic nitrogens is 1. The molecule has 0 fully saturated rings. The highest BCUT2D eigenvalue weighted by atomic mass is 19.1. The van der Waals surface area contributed by atoms with Gasteiger partial charge in [0.15, 0.2) is 6.29 Å². The number of anilines is 3. The Morgan fingerprint density at radius 3 is 2.32 bits per heavy atom. The number of likely N-dealkylation sites (N-methyl/N-ethyl adjacent to an activating group) is 1. The lowest BCUT2D eigenvalue weighted by Crippen LogP contribution is -2.38. The van der Waals surface area contributed by atoms with Crippen LogP contribution in [0.4, 0.5) is 21.5 Å². The number of aldehydes is 1. The average molecular weight is 727 g/mol. The third-order valence-electron chi connectivity index (χ3n) is 8.62. The van der Waals surface area contributed by atoms with E-state index in [1.165, 1.54) is 29.7 Å². The third kappa shape index (κ3) is 10.9. The molecule has 12 heteroatoms. The van der Waals surface area contributed by atoms with Gasteiger partial charge < -0.3 is 20.9 Å². The van der Waals surface area contributed by atoms with Crippen LogP contribution in [-0.4, -0.2) is 61.4 Å². The number of rotatable bonds is 12. The molecule has 3 amide bonds. The Bertz CT molecular complexity index is 1890. The van der Waals surface area contributed by atoms with Crippen molar-refractivity contribution in [3.63, 3.8) is 0 Å². The number of fused-ring (bicyclic) bond motifs is 2. The number of carbonyl (C=O) groups excluding carboxylic acids is 4. The van der Waals surface area contributed by atoms with E-state index in [9.17, 15) is 19.2 Å². The number of para-hydroxylation sites is 2. The van der Waals surface area contributed by atoms with Gasteiger partial charge in [-0.05, 0) is 53.6 Å². The molecule has 0 spiro atoms. The Morgan fingerprint density at radius 2 is 1.66 bits per heavy atom. The minimum atomic E-state index is -2.96. The summed E-state index contributed by atoms with van der Waals surface area (Å²) >= 11 is 0. The van der Waals surface area contributed by atoms with Crippen molar-refractivity contribution in [2.45, 2.75) is 53.1 Å². The molecule has 0 aliphatic carbocycles. The number of nitrogens with one attached hydrogen (secondary N) is 4. The molecule has 0 saturated heterocycles. The maximum atomic E-state index is 15.8. The van der Waals surface area contributed by atoms with Crippen molar-refractivity contribution in [2.75, 3.05) is 42.7 Å².